The monoisotopic (exact) mass is 607 g/mol. The van der Waals surface area contributed by atoms with Gasteiger partial charge in [-0.2, -0.15) is 0 Å². The molecule has 0 spiro atoms. The number of benzene rings is 4. The van der Waals surface area contributed by atoms with Crippen molar-refractivity contribution < 1.29 is 18.9 Å². The van der Waals surface area contributed by atoms with E-state index >= 15 is 0 Å². The number of aromatic nitrogens is 2. The van der Waals surface area contributed by atoms with Crippen LogP contribution in [0.4, 0.5) is 0 Å². The van der Waals surface area contributed by atoms with Crippen molar-refractivity contribution in [1.82, 2.24) is 14.5 Å². The first kappa shape index (κ1) is 28.3. The average Bonchev–Trinajstić information content (AvgIpc) is 3.79. The molecule has 2 aliphatic rings. The first-order chi connectivity index (χ1) is 21.6. The zero-order valence-corrected chi connectivity index (χ0v) is 25.4. The van der Waals surface area contributed by atoms with Gasteiger partial charge in [0, 0.05) is 42.3 Å². The lowest BCUT2D eigenvalue weighted by Crippen LogP contribution is -2.24. The Morgan fingerprint density at radius 3 is 1.93 bits per heavy atom. The number of halogens is 1. The molecule has 0 saturated heterocycles. The Bertz CT molecular complexity index is 1690. The molecule has 0 fully saturated rings. The van der Waals surface area contributed by atoms with E-state index in [4.69, 9.17) is 35.5 Å². The molecule has 0 atom stereocenters. The number of unbranched alkanes of at least 4 members (excludes halogenated alkanes) is 1. The van der Waals surface area contributed by atoms with Gasteiger partial charge in [0.25, 0.3) is 0 Å². The number of fused-ring (bicyclic) bond motifs is 2. The number of nitrogens with zero attached hydrogens (tertiary/aromatic N) is 3. The molecular weight excluding hydrogens is 574 g/mol. The van der Waals surface area contributed by atoms with Crippen LogP contribution in [0.3, 0.4) is 0 Å². The standard InChI is InChI=1S/C36H34ClN3O4/c1-2-3-17-40-30(35(27-11-13-29(37)14-12-27)38-36(40)28-7-5-4-6-8-28)22-39(20-25-9-15-31-33(18-25)43-23-41-31)21-26-10-16-32-34(19-26)44-24-42-32/h4-16,18-19H,2-3,17,20-24H2,1H3. The fourth-order valence-corrected chi connectivity index (χ4v) is 5.95. The van der Waals surface area contributed by atoms with Gasteiger partial charge in [-0.15, -0.1) is 0 Å². The summed E-state index contributed by atoms with van der Waals surface area (Å²) in [5, 5.41) is 0.705. The molecule has 7 nitrogen and oxygen atoms in total. The van der Waals surface area contributed by atoms with Crippen LogP contribution in [0.15, 0.2) is 91.0 Å². The van der Waals surface area contributed by atoms with Gasteiger partial charge in [-0.1, -0.05) is 79.5 Å². The summed E-state index contributed by atoms with van der Waals surface area (Å²) in [4.78, 5) is 7.76. The second-order valence-corrected chi connectivity index (χ2v) is 11.6. The van der Waals surface area contributed by atoms with Crippen LogP contribution in [0.25, 0.3) is 22.6 Å². The minimum Gasteiger partial charge on any atom is -0.454 e. The third-order valence-corrected chi connectivity index (χ3v) is 8.27. The smallest absolute Gasteiger partial charge is 0.231 e. The maximum absolute atomic E-state index is 6.31. The summed E-state index contributed by atoms with van der Waals surface area (Å²) in [6, 6.07) is 30.8. The van der Waals surface area contributed by atoms with E-state index in [0.717, 1.165) is 76.2 Å². The largest absolute Gasteiger partial charge is 0.454 e. The van der Waals surface area contributed by atoms with Crippen molar-refractivity contribution in [3.63, 3.8) is 0 Å². The Balaban J connectivity index is 1.32. The van der Waals surface area contributed by atoms with Crippen molar-refractivity contribution in [3.8, 4) is 45.6 Å². The van der Waals surface area contributed by atoms with Gasteiger partial charge in [0.1, 0.15) is 5.82 Å². The number of rotatable bonds is 11. The van der Waals surface area contributed by atoms with E-state index in [1.807, 2.05) is 30.3 Å². The summed E-state index contributed by atoms with van der Waals surface area (Å²) in [5.41, 5.74) is 6.57. The highest BCUT2D eigenvalue weighted by atomic mass is 35.5. The fraction of sp³-hybridized carbons (Fsp3) is 0.250. The van der Waals surface area contributed by atoms with Crippen LogP contribution in [-0.2, 0) is 26.2 Å². The molecule has 2 aliphatic heterocycles. The Morgan fingerprint density at radius 1 is 0.705 bits per heavy atom. The van der Waals surface area contributed by atoms with Crippen molar-refractivity contribution in [1.29, 1.82) is 0 Å². The third kappa shape index (κ3) is 5.98. The van der Waals surface area contributed by atoms with E-state index in [2.05, 4.69) is 77.1 Å². The highest BCUT2D eigenvalue weighted by Gasteiger charge is 2.24. The molecule has 0 amide bonds. The van der Waals surface area contributed by atoms with Crippen LogP contribution in [0.1, 0.15) is 36.6 Å². The highest BCUT2D eigenvalue weighted by Crippen LogP contribution is 2.36. The third-order valence-electron chi connectivity index (χ3n) is 8.02. The molecule has 3 heterocycles. The van der Waals surface area contributed by atoms with Crippen LogP contribution in [0.5, 0.6) is 23.0 Å². The molecule has 224 valence electrons. The first-order valence-electron chi connectivity index (χ1n) is 15.0. The van der Waals surface area contributed by atoms with E-state index in [1.165, 1.54) is 5.69 Å². The first-order valence-corrected chi connectivity index (χ1v) is 15.4. The molecule has 0 bridgehead atoms. The lowest BCUT2D eigenvalue weighted by atomic mass is 10.1. The van der Waals surface area contributed by atoms with Crippen LogP contribution < -0.4 is 18.9 Å². The summed E-state index contributed by atoms with van der Waals surface area (Å²) < 4.78 is 25.0. The van der Waals surface area contributed by atoms with Gasteiger partial charge in [-0.3, -0.25) is 4.90 Å². The second kappa shape index (κ2) is 12.6. The zero-order chi connectivity index (χ0) is 29.9. The van der Waals surface area contributed by atoms with Crippen molar-refractivity contribution in [2.24, 2.45) is 0 Å². The molecule has 44 heavy (non-hydrogen) atoms. The lowest BCUT2D eigenvalue weighted by molar-refractivity contribution is 0.173. The van der Waals surface area contributed by atoms with Gasteiger partial charge in [0.05, 0.1) is 11.4 Å². The van der Waals surface area contributed by atoms with Gasteiger partial charge >= 0.3 is 0 Å². The minimum atomic E-state index is 0.253. The van der Waals surface area contributed by atoms with Crippen molar-refractivity contribution in [2.45, 2.75) is 45.9 Å². The zero-order valence-electron chi connectivity index (χ0n) is 24.7. The molecule has 0 N–H and O–H groups in total. The topological polar surface area (TPSA) is 58.0 Å². The van der Waals surface area contributed by atoms with Gasteiger partial charge in [-0.05, 0) is 53.9 Å². The number of hydrogen-bond donors (Lipinski definition) is 0. The fourth-order valence-electron chi connectivity index (χ4n) is 5.82. The maximum Gasteiger partial charge on any atom is 0.231 e. The van der Waals surface area contributed by atoms with Crippen molar-refractivity contribution >= 4 is 11.6 Å². The van der Waals surface area contributed by atoms with Crippen LogP contribution in [-0.4, -0.2) is 28.0 Å². The summed E-state index contributed by atoms with van der Waals surface area (Å²) in [7, 11) is 0. The summed E-state index contributed by atoms with van der Waals surface area (Å²) in [6.45, 7) is 5.68. The van der Waals surface area contributed by atoms with Crippen molar-refractivity contribution in [2.75, 3.05) is 13.6 Å². The van der Waals surface area contributed by atoms with Crippen molar-refractivity contribution in [3.05, 3.63) is 113 Å². The van der Waals surface area contributed by atoms with Gasteiger partial charge in [-0.25, -0.2) is 4.98 Å². The quantitative estimate of drug-likeness (QED) is 0.150. The maximum atomic E-state index is 6.31. The number of ether oxygens (including phenoxy) is 4. The predicted octanol–water partition coefficient (Wildman–Crippen LogP) is 8.33. The number of hydrogen-bond acceptors (Lipinski definition) is 6. The Morgan fingerprint density at radius 2 is 1.32 bits per heavy atom. The van der Waals surface area contributed by atoms with E-state index in [1.54, 1.807) is 0 Å². The molecular formula is C36H34ClN3O4. The Kier molecular flexibility index (Phi) is 8.14. The molecule has 0 aliphatic carbocycles. The molecule has 0 saturated carbocycles. The van der Waals surface area contributed by atoms with E-state index in [0.29, 0.717) is 24.7 Å². The summed E-state index contributed by atoms with van der Waals surface area (Å²) in [6.07, 6.45) is 2.13. The minimum absolute atomic E-state index is 0.253. The molecule has 8 heteroatoms. The highest BCUT2D eigenvalue weighted by molar-refractivity contribution is 6.30. The normalized spacial score (nSPS) is 13.2. The SMILES string of the molecule is CCCCn1c(-c2ccccc2)nc(-c2ccc(Cl)cc2)c1CN(Cc1ccc2c(c1)OCO2)Cc1ccc2c(c1)OCO2. The van der Waals surface area contributed by atoms with E-state index in [-0.39, 0.29) is 13.6 Å². The molecule has 4 aromatic carbocycles. The molecule has 0 radical (unpaired) electrons. The lowest BCUT2D eigenvalue weighted by Gasteiger charge is -2.25. The second-order valence-electron chi connectivity index (χ2n) is 11.1. The van der Waals surface area contributed by atoms with Gasteiger partial charge in [0.15, 0.2) is 23.0 Å². The van der Waals surface area contributed by atoms with Gasteiger partial charge < -0.3 is 23.5 Å². The van der Waals surface area contributed by atoms with E-state index in [9.17, 15) is 0 Å². The van der Waals surface area contributed by atoms with Crippen LogP contribution in [0.2, 0.25) is 5.02 Å². The Labute approximate surface area is 262 Å². The average molecular weight is 608 g/mol. The molecule has 0 unspecified atom stereocenters. The van der Waals surface area contributed by atoms with E-state index < -0.39 is 0 Å². The molecule has 7 rings (SSSR count). The summed E-state index contributed by atoms with van der Waals surface area (Å²) in [5.74, 6) is 4.11. The van der Waals surface area contributed by atoms with Gasteiger partial charge in [0.2, 0.25) is 13.6 Å². The molecule has 1 aromatic heterocycles. The van der Waals surface area contributed by atoms with Crippen LogP contribution >= 0.6 is 11.6 Å². The predicted molar refractivity (Wildman–Crippen MR) is 171 cm³/mol. The number of imidazole rings is 1. The molecule has 5 aromatic rings. The Hall–Kier alpha value is -4.46. The summed E-state index contributed by atoms with van der Waals surface area (Å²) >= 11 is 6.31. The van der Waals surface area contributed by atoms with Crippen LogP contribution in [0, 0.1) is 0 Å².